The highest BCUT2D eigenvalue weighted by atomic mass is 35.5. The number of rotatable bonds is 9. The van der Waals surface area contributed by atoms with Crippen LogP contribution in [0.5, 0.6) is 0 Å². The normalized spacial score (nSPS) is 12.5. The lowest BCUT2D eigenvalue weighted by Crippen LogP contribution is -2.28. The molecule has 1 aromatic heterocycles. The maximum Gasteiger partial charge on any atom is 0.0867 e. The van der Waals surface area contributed by atoms with Gasteiger partial charge in [-0.05, 0) is 127 Å². The van der Waals surface area contributed by atoms with E-state index in [0.717, 1.165) is 72.6 Å². The average Bonchev–Trinajstić information content (AvgIpc) is 3.96. The molecule has 1 heterocycles. The number of hydrogen-bond acceptors (Lipinski definition) is 1. The van der Waals surface area contributed by atoms with Crippen molar-refractivity contribution in [1.29, 1.82) is 0 Å². The minimum absolute atomic E-state index is 0.0921. The zero-order valence-corrected chi connectivity index (χ0v) is 43.2. The standard InChI is InChI=1S/C67H41Cl5N2/c68-61-62(69)64(71)66(65(72)63(61)70)73(52-35-36-54-53-26-10-12-28-57(53)67(58(54)41-52,48-21-6-2-7-22-48)49-23-8-3-9-24-49)51-25-15-20-46(39-51)44-18-14-19-45(38-44)47-32-37-60-56(40-47)55-27-11-13-29-59(55)74(60)50-33-30-43(31-34-50)42-16-4-1-5-17-42/h1-41H. The zero-order valence-electron chi connectivity index (χ0n) is 39.5. The van der Waals surface area contributed by atoms with Gasteiger partial charge >= 0.3 is 0 Å². The fourth-order valence-electron chi connectivity index (χ4n) is 11.3. The van der Waals surface area contributed by atoms with Crippen molar-refractivity contribution in [2.24, 2.45) is 0 Å². The Morgan fingerprint density at radius 2 is 0.797 bits per heavy atom. The van der Waals surface area contributed by atoms with Crippen LogP contribution in [-0.4, -0.2) is 4.57 Å². The third-order valence-electron chi connectivity index (χ3n) is 14.6. The molecule has 74 heavy (non-hydrogen) atoms. The lowest BCUT2D eigenvalue weighted by molar-refractivity contribution is 0.768. The summed E-state index contributed by atoms with van der Waals surface area (Å²) in [5, 5.41) is 3.06. The molecule has 0 radical (unpaired) electrons. The number of anilines is 3. The molecule has 0 saturated heterocycles. The van der Waals surface area contributed by atoms with Crippen LogP contribution in [-0.2, 0) is 5.41 Å². The highest BCUT2D eigenvalue weighted by Crippen LogP contribution is 2.59. The van der Waals surface area contributed by atoms with Crippen LogP contribution in [0.25, 0.3) is 72.0 Å². The molecule has 0 amide bonds. The van der Waals surface area contributed by atoms with E-state index in [1.807, 2.05) is 6.07 Å². The summed E-state index contributed by atoms with van der Waals surface area (Å²) in [4.78, 5) is 2.05. The summed E-state index contributed by atoms with van der Waals surface area (Å²) >= 11 is 35.1. The summed E-state index contributed by atoms with van der Waals surface area (Å²) in [5.74, 6) is 0. The van der Waals surface area contributed by atoms with E-state index in [1.165, 1.54) is 33.0 Å². The first-order chi connectivity index (χ1) is 36.3. The van der Waals surface area contributed by atoms with Crippen molar-refractivity contribution in [1.82, 2.24) is 4.57 Å². The van der Waals surface area contributed by atoms with E-state index in [0.29, 0.717) is 5.69 Å². The van der Waals surface area contributed by atoms with Crippen LogP contribution in [0.4, 0.5) is 17.1 Å². The number of para-hydroxylation sites is 1. The van der Waals surface area contributed by atoms with E-state index in [9.17, 15) is 0 Å². The summed E-state index contributed by atoms with van der Waals surface area (Å²) in [5.41, 5.74) is 18.3. The monoisotopic (exact) mass is 1050 g/mol. The van der Waals surface area contributed by atoms with Crippen LogP contribution in [0.1, 0.15) is 22.3 Å². The summed E-state index contributed by atoms with van der Waals surface area (Å²) in [6.45, 7) is 0. The number of nitrogens with zero attached hydrogens (tertiary/aromatic N) is 2. The molecule has 0 atom stereocenters. The van der Waals surface area contributed by atoms with Gasteiger partial charge in [-0.25, -0.2) is 0 Å². The Morgan fingerprint density at radius 3 is 1.49 bits per heavy atom. The maximum atomic E-state index is 7.29. The second-order valence-electron chi connectivity index (χ2n) is 18.6. The van der Waals surface area contributed by atoms with Gasteiger partial charge in [0.25, 0.3) is 0 Å². The minimum Gasteiger partial charge on any atom is -0.309 e. The minimum atomic E-state index is -0.659. The lowest BCUT2D eigenvalue weighted by atomic mass is 9.67. The van der Waals surface area contributed by atoms with Crippen molar-refractivity contribution in [3.63, 3.8) is 0 Å². The molecule has 7 heteroatoms. The lowest BCUT2D eigenvalue weighted by Gasteiger charge is -2.35. The molecule has 0 unspecified atom stereocenters. The Bertz CT molecular complexity index is 4060. The molecular formula is C67H41Cl5N2. The predicted molar refractivity (Wildman–Crippen MR) is 314 cm³/mol. The van der Waals surface area contributed by atoms with Crippen molar-refractivity contribution in [2.45, 2.75) is 5.41 Å². The molecule has 0 aliphatic heterocycles. The fraction of sp³-hybridized carbons (Fsp3) is 0.0149. The second kappa shape index (κ2) is 18.7. The van der Waals surface area contributed by atoms with Gasteiger partial charge in [-0.1, -0.05) is 246 Å². The van der Waals surface area contributed by atoms with E-state index >= 15 is 0 Å². The van der Waals surface area contributed by atoms with Gasteiger partial charge in [0.1, 0.15) is 0 Å². The second-order valence-corrected chi connectivity index (χ2v) is 20.5. The maximum absolute atomic E-state index is 7.29. The first-order valence-corrected chi connectivity index (χ1v) is 26.3. The molecule has 0 N–H and O–H groups in total. The van der Waals surface area contributed by atoms with Gasteiger partial charge in [0, 0.05) is 27.8 Å². The Labute approximate surface area is 454 Å². The van der Waals surface area contributed by atoms with Crippen LogP contribution in [0.3, 0.4) is 0 Å². The highest BCUT2D eigenvalue weighted by molar-refractivity contribution is 6.56. The van der Waals surface area contributed by atoms with Crippen LogP contribution in [0, 0.1) is 0 Å². The Hall–Kier alpha value is -7.53. The molecule has 0 bridgehead atoms. The number of hydrogen-bond donors (Lipinski definition) is 0. The van der Waals surface area contributed by atoms with Crippen molar-refractivity contribution in [2.75, 3.05) is 4.90 Å². The number of fused-ring (bicyclic) bond motifs is 6. The van der Waals surface area contributed by atoms with Gasteiger partial charge in [-0.3, -0.25) is 0 Å². The van der Waals surface area contributed by atoms with Crippen LogP contribution < -0.4 is 4.90 Å². The first kappa shape index (κ1) is 46.3. The van der Waals surface area contributed by atoms with Crippen LogP contribution in [0.2, 0.25) is 25.1 Å². The van der Waals surface area contributed by atoms with Gasteiger partial charge < -0.3 is 9.47 Å². The van der Waals surface area contributed by atoms with Crippen molar-refractivity contribution >= 4 is 96.9 Å². The van der Waals surface area contributed by atoms with Gasteiger partial charge in [-0.2, -0.15) is 0 Å². The molecule has 12 aromatic rings. The SMILES string of the molecule is Clc1c(Cl)c(Cl)c(N(c2cccc(-c3cccc(-c4ccc5c(c4)c4ccccc4n5-c4ccc(-c5ccccc5)cc4)c3)c2)c2ccc3c(c2)C(c2ccccc2)(c2ccccc2)c2ccccc2-3)c(Cl)c1Cl. The molecule has 0 fully saturated rings. The third-order valence-corrected chi connectivity index (χ3v) is 16.9. The van der Waals surface area contributed by atoms with Crippen LogP contribution >= 0.6 is 58.0 Å². The van der Waals surface area contributed by atoms with Gasteiger partial charge in [0.15, 0.2) is 0 Å². The smallest absolute Gasteiger partial charge is 0.0867 e. The third kappa shape index (κ3) is 7.47. The fourth-order valence-corrected chi connectivity index (χ4v) is 12.6. The molecular weight excluding hydrogens is 1010 g/mol. The molecule has 0 saturated carbocycles. The van der Waals surface area contributed by atoms with Gasteiger partial charge in [0.2, 0.25) is 0 Å². The van der Waals surface area contributed by atoms with Crippen molar-refractivity contribution in [3.05, 3.63) is 296 Å². The Morgan fingerprint density at radius 1 is 0.311 bits per heavy atom. The molecule has 0 spiro atoms. The van der Waals surface area contributed by atoms with E-state index in [1.54, 1.807) is 0 Å². The molecule has 1 aliphatic carbocycles. The average molecular weight is 1050 g/mol. The van der Waals surface area contributed by atoms with Gasteiger partial charge in [0.05, 0.1) is 47.2 Å². The molecule has 2 nitrogen and oxygen atoms in total. The number of halogens is 5. The summed E-state index contributed by atoms with van der Waals surface area (Å²) in [6.07, 6.45) is 0. The van der Waals surface area contributed by atoms with Gasteiger partial charge in [-0.15, -0.1) is 0 Å². The summed E-state index contributed by atoms with van der Waals surface area (Å²) in [6, 6.07) is 88.6. The largest absolute Gasteiger partial charge is 0.309 e. The topological polar surface area (TPSA) is 8.17 Å². The number of aromatic nitrogens is 1. The van der Waals surface area contributed by atoms with Crippen LogP contribution in [0.15, 0.2) is 249 Å². The van der Waals surface area contributed by atoms with E-state index in [-0.39, 0.29) is 25.1 Å². The van der Waals surface area contributed by atoms with Crippen molar-refractivity contribution < 1.29 is 0 Å². The molecule has 354 valence electrons. The first-order valence-electron chi connectivity index (χ1n) is 24.4. The quantitative estimate of drug-likeness (QED) is 0.103. The molecule has 11 aromatic carbocycles. The predicted octanol–water partition coefficient (Wildman–Crippen LogP) is 20.9. The highest BCUT2D eigenvalue weighted by Gasteiger charge is 2.46. The number of benzene rings is 11. The summed E-state index contributed by atoms with van der Waals surface area (Å²) in [7, 11) is 0. The Kier molecular flexibility index (Phi) is 11.7. The molecule has 13 rings (SSSR count). The van der Waals surface area contributed by atoms with E-state index in [4.69, 9.17) is 58.0 Å². The summed E-state index contributed by atoms with van der Waals surface area (Å²) < 4.78 is 2.36. The Balaban J connectivity index is 0.942. The zero-order chi connectivity index (χ0) is 50.1. The van der Waals surface area contributed by atoms with Crippen molar-refractivity contribution in [3.8, 4) is 50.2 Å². The van der Waals surface area contributed by atoms with E-state index < -0.39 is 5.41 Å². The molecule has 1 aliphatic rings. The van der Waals surface area contributed by atoms with E-state index in [2.05, 4.69) is 252 Å².